The SMILES string of the molecule is CN(C)c1nc(N/N=C\c2ccc(-c3ccc([N+](=O)[O-])cc3)o2)nc(Nc2ccc(F)cc2)n1. The summed E-state index contributed by atoms with van der Waals surface area (Å²) in [7, 11) is 3.57. The van der Waals surface area contributed by atoms with Gasteiger partial charge in [-0.25, -0.2) is 9.82 Å². The molecule has 4 aromatic rings. The van der Waals surface area contributed by atoms with Crippen LogP contribution >= 0.6 is 0 Å². The summed E-state index contributed by atoms with van der Waals surface area (Å²) in [6, 6.07) is 15.3. The van der Waals surface area contributed by atoms with Gasteiger partial charge in [0, 0.05) is 37.5 Å². The van der Waals surface area contributed by atoms with Crippen LogP contribution in [0.25, 0.3) is 11.3 Å². The Morgan fingerprint density at radius 1 is 1.00 bits per heavy atom. The van der Waals surface area contributed by atoms with Crippen LogP contribution in [0, 0.1) is 15.9 Å². The van der Waals surface area contributed by atoms with Crippen molar-refractivity contribution in [3.8, 4) is 11.3 Å². The minimum atomic E-state index is -0.459. The lowest BCUT2D eigenvalue weighted by Crippen LogP contribution is -2.15. The second kappa shape index (κ2) is 9.73. The number of benzene rings is 2. The van der Waals surface area contributed by atoms with Gasteiger partial charge in [-0.2, -0.15) is 20.1 Å². The van der Waals surface area contributed by atoms with E-state index in [1.54, 1.807) is 55.4 Å². The highest BCUT2D eigenvalue weighted by molar-refractivity contribution is 5.78. The third-order valence-electron chi connectivity index (χ3n) is 4.47. The van der Waals surface area contributed by atoms with Gasteiger partial charge in [0.1, 0.15) is 17.3 Å². The van der Waals surface area contributed by atoms with Gasteiger partial charge in [-0.1, -0.05) is 0 Å². The van der Waals surface area contributed by atoms with Crippen molar-refractivity contribution >= 4 is 35.4 Å². The minimum absolute atomic E-state index is 0.00373. The summed E-state index contributed by atoms with van der Waals surface area (Å²) in [5.41, 5.74) is 4.05. The molecule has 0 aliphatic heterocycles. The van der Waals surface area contributed by atoms with Crippen LogP contribution in [0.3, 0.4) is 0 Å². The lowest BCUT2D eigenvalue weighted by atomic mass is 10.1. The van der Waals surface area contributed by atoms with E-state index in [2.05, 4.69) is 30.8 Å². The van der Waals surface area contributed by atoms with Crippen LogP contribution in [0.1, 0.15) is 5.76 Å². The van der Waals surface area contributed by atoms with Gasteiger partial charge in [-0.05, 0) is 48.5 Å². The Bertz CT molecular complexity index is 1320. The molecule has 0 fully saturated rings. The zero-order chi connectivity index (χ0) is 24.1. The summed E-state index contributed by atoms with van der Waals surface area (Å²) in [6.07, 6.45) is 1.45. The van der Waals surface area contributed by atoms with E-state index in [9.17, 15) is 14.5 Å². The molecule has 0 amide bonds. The molecular formula is C22H19FN8O3. The van der Waals surface area contributed by atoms with Crippen LogP contribution in [-0.4, -0.2) is 40.2 Å². The average Bonchev–Trinajstić information content (AvgIpc) is 3.29. The Morgan fingerprint density at radius 2 is 1.71 bits per heavy atom. The number of rotatable bonds is 8. The number of nitro benzene ring substituents is 1. The van der Waals surface area contributed by atoms with Gasteiger partial charge in [0.05, 0.1) is 11.1 Å². The van der Waals surface area contributed by atoms with Crippen molar-refractivity contribution in [2.75, 3.05) is 29.7 Å². The highest BCUT2D eigenvalue weighted by Crippen LogP contribution is 2.24. The van der Waals surface area contributed by atoms with Crippen LogP contribution < -0.4 is 15.6 Å². The number of hydrogen-bond acceptors (Lipinski definition) is 10. The predicted octanol–water partition coefficient (Wildman–Crippen LogP) is 4.43. The first-order valence-corrected chi connectivity index (χ1v) is 9.97. The lowest BCUT2D eigenvalue weighted by molar-refractivity contribution is -0.384. The summed E-state index contributed by atoms with van der Waals surface area (Å²) < 4.78 is 18.9. The Kier molecular flexibility index (Phi) is 6.39. The fourth-order valence-corrected chi connectivity index (χ4v) is 2.81. The summed E-state index contributed by atoms with van der Waals surface area (Å²) in [6.45, 7) is 0. The van der Waals surface area contributed by atoms with Crippen LogP contribution in [-0.2, 0) is 0 Å². The van der Waals surface area contributed by atoms with Gasteiger partial charge in [-0.15, -0.1) is 0 Å². The number of hydrogen-bond donors (Lipinski definition) is 2. The van der Waals surface area contributed by atoms with Crippen LogP contribution in [0.15, 0.2) is 70.2 Å². The molecule has 0 atom stereocenters. The van der Waals surface area contributed by atoms with E-state index in [1.165, 1.54) is 30.5 Å². The molecule has 0 radical (unpaired) electrons. The van der Waals surface area contributed by atoms with Crippen molar-refractivity contribution in [3.05, 3.63) is 82.4 Å². The van der Waals surface area contributed by atoms with Crippen LogP contribution in [0.2, 0.25) is 0 Å². The zero-order valence-electron chi connectivity index (χ0n) is 18.1. The Hall–Kier alpha value is -4.87. The number of nitrogens with zero attached hydrogens (tertiary/aromatic N) is 6. The van der Waals surface area contributed by atoms with Crippen molar-refractivity contribution < 1.29 is 13.7 Å². The Morgan fingerprint density at radius 3 is 2.38 bits per heavy atom. The molecule has 0 aliphatic carbocycles. The molecule has 0 saturated heterocycles. The van der Waals surface area contributed by atoms with Crippen molar-refractivity contribution in [1.82, 2.24) is 15.0 Å². The molecule has 12 heteroatoms. The third kappa shape index (κ3) is 5.48. The number of nitro groups is 1. The second-order valence-corrected chi connectivity index (χ2v) is 7.18. The quantitative estimate of drug-likeness (QED) is 0.221. The van der Waals surface area contributed by atoms with E-state index in [4.69, 9.17) is 4.42 Å². The molecule has 0 unspecified atom stereocenters. The number of furan rings is 1. The normalized spacial score (nSPS) is 10.9. The van der Waals surface area contributed by atoms with E-state index in [0.717, 1.165) is 0 Å². The highest BCUT2D eigenvalue weighted by Gasteiger charge is 2.10. The van der Waals surface area contributed by atoms with Crippen molar-refractivity contribution in [1.29, 1.82) is 0 Å². The Labute approximate surface area is 193 Å². The molecule has 0 bridgehead atoms. The smallest absolute Gasteiger partial charge is 0.269 e. The zero-order valence-corrected chi connectivity index (χ0v) is 18.1. The molecule has 11 nitrogen and oxygen atoms in total. The van der Waals surface area contributed by atoms with Gasteiger partial charge < -0.3 is 14.6 Å². The van der Waals surface area contributed by atoms with Crippen LogP contribution in [0.4, 0.5) is 33.6 Å². The number of nitrogens with one attached hydrogen (secondary N) is 2. The highest BCUT2D eigenvalue weighted by atomic mass is 19.1. The average molecular weight is 462 g/mol. The molecule has 2 N–H and O–H groups in total. The topological polar surface area (TPSA) is 135 Å². The fraction of sp³-hybridized carbons (Fsp3) is 0.0909. The number of halogens is 1. The maximum absolute atomic E-state index is 13.1. The molecule has 0 aliphatic rings. The molecule has 172 valence electrons. The van der Waals surface area contributed by atoms with Gasteiger partial charge in [0.15, 0.2) is 0 Å². The van der Waals surface area contributed by atoms with Crippen molar-refractivity contribution in [2.45, 2.75) is 0 Å². The number of hydrazone groups is 1. The van der Waals surface area contributed by atoms with E-state index in [0.29, 0.717) is 28.7 Å². The first kappa shape index (κ1) is 22.3. The van der Waals surface area contributed by atoms with Crippen molar-refractivity contribution in [3.63, 3.8) is 0 Å². The number of non-ortho nitro benzene ring substituents is 1. The molecule has 2 heterocycles. The standard InChI is InChI=1S/C22H19FN8O3/c1-30(2)22-27-20(25-16-7-5-15(23)6-8-16)26-21(28-22)29-24-13-18-11-12-19(34-18)14-3-9-17(10-4-14)31(32)33/h3-13H,1-2H3,(H2,25,26,27,28,29)/b24-13-. The second-order valence-electron chi connectivity index (χ2n) is 7.18. The summed E-state index contributed by atoms with van der Waals surface area (Å²) in [5, 5.41) is 17.9. The van der Waals surface area contributed by atoms with Gasteiger partial charge in [0.2, 0.25) is 17.8 Å². The molecule has 0 spiro atoms. The largest absolute Gasteiger partial charge is 0.455 e. The number of anilines is 4. The Balaban J connectivity index is 1.47. The van der Waals surface area contributed by atoms with Gasteiger partial charge >= 0.3 is 0 Å². The fourth-order valence-electron chi connectivity index (χ4n) is 2.81. The molecule has 2 aromatic carbocycles. The minimum Gasteiger partial charge on any atom is -0.455 e. The first-order valence-electron chi connectivity index (χ1n) is 9.97. The molecule has 4 rings (SSSR count). The van der Waals surface area contributed by atoms with E-state index in [1.807, 2.05) is 0 Å². The first-order chi connectivity index (χ1) is 16.4. The van der Waals surface area contributed by atoms with Gasteiger partial charge in [0.25, 0.3) is 5.69 Å². The van der Waals surface area contributed by atoms with E-state index >= 15 is 0 Å². The molecule has 2 aromatic heterocycles. The molecule has 34 heavy (non-hydrogen) atoms. The summed E-state index contributed by atoms with van der Waals surface area (Å²) >= 11 is 0. The lowest BCUT2D eigenvalue weighted by Gasteiger charge is -2.13. The molecule has 0 saturated carbocycles. The third-order valence-corrected chi connectivity index (χ3v) is 4.47. The van der Waals surface area contributed by atoms with E-state index in [-0.39, 0.29) is 23.4 Å². The maximum atomic E-state index is 13.1. The summed E-state index contributed by atoms with van der Waals surface area (Å²) in [5.74, 6) is 1.46. The predicted molar refractivity (Wildman–Crippen MR) is 126 cm³/mol. The maximum Gasteiger partial charge on any atom is 0.269 e. The molecular weight excluding hydrogens is 443 g/mol. The summed E-state index contributed by atoms with van der Waals surface area (Å²) in [4.78, 5) is 24.9. The van der Waals surface area contributed by atoms with Crippen molar-refractivity contribution in [2.24, 2.45) is 5.10 Å². The van der Waals surface area contributed by atoms with E-state index < -0.39 is 4.92 Å². The number of aromatic nitrogens is 3. The van der Waals surface area contributed by atoms with Gasteiger partial charge in [-0.3, -0.25) is 10.1 Å². The monoisotopic (exact) mass is 462 g/mol. The van der Waals surface area contributed by atoms with Crippen LogP contribution in [0.5, 0.6) is 0 Å².